The van der Waals surface area contributed by atoms with Gasteiger partial charge in [0.25, 0.3) is 0 Å². The van der Waals surface area contributed by atoms with E-state index in [4.69, 9.17) is 4.74 Å². The van der Waals surface area contributed by atoms with Gasteiger partial charge in [0.2, 0.25) is 5.91 Å². The molecule has 6 nitrogen and oxygen atoms in total. The maximum atomic E-state index is 12.3. The first-order chi connectivity index (χ1) is 14.1. The summed E-state index contributed by atoms with van der Waals surface area (Å²) in [5, 5.41) is 4.00. The second-order valence-corrected chi connectivity index (χ2v) is 6.78. The summed E-state index contributed by atoms with van der Waals surface area (Å²) in [6, 6.07) is 16.0. The summed E-state index contributed by atoms with van der Waals surface area (Å²) < 4.78 is 9.85. The fraction of sp³-hybridized carbons (Fsp3) is 0.304. The van der Waals surface area contributed by atoms with Gasteiger partial charge in [-0.1, -0.05) is 18.2 Å². The summed E-state index contributed by atoms with van der Waals surface area (Å²) in [5.74, 6) is 0.515. The van der Waals surface area contributed by atoms with Gasteiger partial charge in [-0.05, 0) is 54.3 Å². The van der Waals surface area contributed by atoms with Gasteiger partial charge in [-0.3, -0.25) is 9.59 Å². The molecule has 3 aromatic rings. The number of hydrogen-bond donors (Lipinski definition) is 2. The van der Waals surface area contributed by atoms with E-state index >= 15 is 0 Å². The Labute approximate surface area is 170 Å². The lowest BCUT2D eigenvalue weighted by molar-refractivity contribution is -0.140. The van der Waals surface area contributed by atoms with E-state index in [-0.39, 0.29) is 11.9 Å². The molecule has 0 unspecified atom stereocenters. The van der Waals surface area contributed by atoms with Gasteiger partial charge in [-0.25, -0.2) is 0 Å². The summed E-state index contributed by atoms with van der Waals surface area (Å²) in [5.41, 5.74) is 4.24. The van der Waals surface area contributed by atoms with Crippen molar-refractivity contribution in [1.29, 1.82) is 0 Å². The van der Waals surface area contributed by atoms with Crippen LogP contribution in [0.15, 0.2) is 48.5 Å². The van der Waals surface area contributed by atoms with Crippen molar-refractivity contribution in [3.63, 3.8) is 0 Å². The third-order valence-electron chi connectivity index (χ3n) is 4.90. The third kappa shape index (κ3) is 5.16. The van der Waals surface area contributed by atoms with Gasteiger partial charge in [-0.15, -0.1) is 0 Å². The Morgan fingerprint density at radius 3 is 2.48 bits per heavy atom. The van der Waals surface area contributed by atoms with Gasteiger partial charge in [0.15, 0.2) is 0 Å². The van der Waals surface area contributed by atoms with Crippen LogP contribution in [0, 0.1) is 0 Å². The molecule has 0 saturated carbocycles. The van der Waals surface area contributed by atoms with Gasteiger partial charge in [0.05, 0.1) is 14.2 Å². The van der Waals surface area contributed by atoms with Crippen LogP contribution >= 0.6 is 0 Å². The second kappa shape index (κ2) is 9.78. The molecule has 1 heterocycles. The van der Waals surface area contributed by atoms with Crippen molar-refractivity contribution >= 4 is 22.8 Å². The van der Waals surface area contributed by atoms with Crippen molar-refractivity contribution in [3.8, 4) is 17.0 Å². The Hall–Kier alpha value is -3.28. The van der Waals surface area contributed by atoms with Gasteiger partial charge >= 0.3 is 5.97 Å². The molecule has 0 fully saturated rings. The highest BCUT2D eigenvalue weighted by Crippen LogP contribution is 2.32. The number of rotatable bonds is 9. The second-order valence-electron chi connectivity index (χ2n) is 6.78. The molecule has 0 aliphatic carbocycles. The minimum Gasteiger partial charge on any atom is -0.497 e. The summed E-state index contributed by atoms with van der Waals surface area (Å²) in [6.45, 7) is 0.465. The van der Waals surface area contributed by atoms with Gasteiger partial charge < -0.3 is 19.8 Å². The largest absolute Gasteiger partial charge is 0.497 e. The number of amides is 1. The van der Waals surface area contributed by atoms with Crippen LogP contribution in [0.4, 0.5) is 0 Å². The van der Waals surface area contributed by atoms with Gasteiger partial charge in [0.1, 0.15) is 5.75 Å². The van der Waals surface area contributed by atoms with Crippen LogP contribution in [-0.2, 0) is 20.7 Å². The Morgan fingerprint density at radius 2 is 1.76 bits per heavy atom. The third-order valence-corrected chi connectivity index (χ3v) is 4.90. The number of aromatic amines is 1. The topological polar surface area (TPSA) is 80.4 Å². The number of carbonyl (C=O) groups excluding carboxylic acids is 2. The molecule has 3 rings (SSSR count). The van der Waals surface area contributed by atoms with Crippen molar-refractivity contribution in [3.05, 3.63) is 54.1 Å². The van der Waals surface area contributed by atoms with E-state index in [0.717, 1.165) is 33.5 Å². The molecule has 152 valence electrons. The molecule has 0 aliphatic heterocycles. The fourth-order valence-corrected chi connectivity index (χ4v) is 3.35. The summed E-state index contributed by atoms with van der Waals surface area (Å²) in [6.07, 6.45) is 1.88. The zero-order valence-corrected chi connectivity index (χ0v) is 16.8. The van der Waals surface area contributed by atoms with Crippen LogP contribution < -0.4 is 10.1 Å². The van der Waals surface area contributed by atoms with Crippen LogP contribution in [0.5, 0.6) is 5.75 Å². The lowest BCUT2D eigenvalue weighted by atomic mass is 10.0. The maximum Gasteiger partial charge on any atom is 0.305 e. The van der Waals surface area contributed by atoms with Crippen molar-refractivity contribution in [2.75, 3.05) is 20.8 Å². The SMILES string of the molecule is COC(=O)CCCNC(=O)CCc1c(-c2ccc(OC)cc2)[nH]c2ccccc12. The molecule has 0 atom stereocenters. The number of aryl methyl sites for hydroxylation is 1. The molecular weight excluding hydrogens is 368 g/mol. The molecule has 2 aromatic carbocycles. The van der Waals surface area contributed by atoms with Crippen molar-refractivity contribution < 1.29 is 19.1 Å². The first-order valence-corrected chi connectivity index (χ1v) is 9.70. The molecule has 29 heavy (non-hydrogen) atoms. The molecule has 0 bridgehead atoms. The van der Waals surface area contributed by atoms with Crippen LogP contribution in [0.3, 0.4) is 0 Å². The van der Waals surface area contributed by atoms with Crippen LogP contribution in [-0.4, -0.2) is 37.6 Å². The molecule has 2 N–H and O–H groups in total. The lowest BCUT2D eigenvalue weighted by Gasteiger charge is -2.08. The number of esters is 1. The number of carbonyl (C=O) groups is 2. The van der Waals surface area contributed by atoms with Crippen molar-refractivity contribution in [1.82, 2.24) is 10.3 Å². The Bertz CT molecular complexity index is 976. The summed E-state index contributed by atoms with van der Waals surface area (Å²) >= 11 is 0. The summed E-state index contributed by atoms with van der Waals surface area (Å²) in [7, 11) is 3.01. The highest BCUT2D eigenvalue weighted by molar-refractivity contribution is 5.91. The van der Waals surface area contributed by atoms with E-state index in [1.807, 2.05) is 42.5 Å². The van der Waals surface area contributed by atoms with E-state index in [1.165, 1.54) is 7.11 Å². The predicted molar refractivity (Wildman–Crippen MR) is 113 cm³/mol. The van der Waals surface area contributed by atoms with E-state index in [2.05, 4.69) is 21.1 Å². The fourth-order valence-electron chi connectivity index (χ4n) is 3.35. The number of ether oxygens (including phenoxy) is 2. The number of para-hydroxylation sites is 1. The average Bonchev–Trinajstić information content (AvgIpc) is 3.13. The number of aromatic nitrogens is 1. The molecule has 1 amide bonds. The van der Waals surface area contributed by atoms with Crippen LogP contribution in [0.1, 0.15) is 24.8 Å². The van der Waals surface area contributed by atoms with Crippen molar-refractivity contribution in [2.45, 2.75) is 25.7 Å². The Morgan fingerprint density at radius 1 is 1.00 bits per heavy atom. The van der Waals surface area contributed by atoms with E-state index in [0.29, 0.717) is 32.2 Å². The number of nitrogens with one attached hydrogen (secondary N) is 2. The number of benzene rings is 2. The molecule has 6 heteroatoms. The Kier molecular flexibility index (Phi) is 6.89. The predicted octanol–water partition coefficient (Wildman–Crippen LogP) is 3.85. The van der Waals surface area contributed by atoms with Gasteiger partial charge in [0, 0.05) is 36.0 Å². The molecule has 0 aliphatic rings. The highest BCUT2D eigenvalue weighted by atomic mass is 16.5. The van der Waals surface area contributed by atoms with Crippen LogP contribution in [0.25, 0.3) is 22.2 Å². The number of methoxy groups -OCH3 is 2. The first-order valence-electron chi connectivity index (χ1n) is 9.70. The quantitative estimate of drug-likeness (QED) is 0.427. The van der Waals surface area contributed by atoms with E-state index in [1.54, 1.807) is 7.11 Å². The monoisotopic (exact) mass is 394 g/mol. The molecule has 0 saturated heterocycles. The smallest absolute Gasteiger partial charge is 0.305 e. The summed E-state index contributed by atoms with van der Waals surface area (Å²) in [4.78, 5) is 26.9. The number of hydrogen-bond acceptors (Lipinski definition) is 4. The maximum absolute atomic E-state index is 12.3. The molecule has 1 aromatic heterocycles. The van der Waals surface area contributed by atoms with Crippen LogP contribution in [0.2, 0.25) is 0 Å². The zero-order valence-electron chi connectivity index (χ0n) is 16.8. The molecule has 0 radical (unpaired) electrons. The molecule has 0 spiro atoms. The van der Waals surface area contributed by atoms with E-state index < -0.39 is 0 Å². The van der Waals surface area contributed by atoms with Gasteiger partial charge in [-0.2, -0.15) is 0 Å². The molecular formula is C23H26N2O4. The minimum absolute atomic E-state index is 0.0270. The first kappa shape index (κ1) is 20.5. The van der Waals surface area contributed by atoms with Crippen molar-refractivity contribution in [2.24, 2.45) is 0 Å². The average molecular weight is 394 g/mol. The highest BCUT2D eigenvalue weighted by Gasteiger charge is 2.14. The standard InChI is InChI=1S/C23H26N2O4/c1-28-17-11-9-16(10-12-17)23-19(18-6-3-4-7-20(18)25-23)13-14-21(26)24-15-5-8-22(27)29-2/h3-4,6-7,9-12,25H,5,8,13-15H2,1-2H3,(H,24,26). The number of fused-ring (bicyclic) bond motifs is 1. The lowest BCUT2D eigenvalue weighted by Crippen LogP contribution is -2.25. The Balaban J connectivity index is 1.71. The van der Waals surface area contributed by atoms with E-state index in [9.17, 15) is 9.59 Å². The zero-order chi connectivity index (χ0) is 20.6. The number of H-pyrrole nitrogens is 1. The minimum atomic E-state index is -0.262. The normalized spacial score (nSPS) is 10.7.